The third-order valence-corrected chi connectivity index (χ3v) is 4.70. The van der Waals surface area contributed by atoms with E-state index in [2.05, 4.69) is 32.6 Å². The highest BCUT2D eigenvalue weighted by Crippen LogP contribution is 2.34. The number of hydrogen-bond donors (Lipinski definition) is 1. The average molecular weight is 316 g/mol. The van der Waals surface area contributed by atoms with Gasteiger partial charge >= 0.3 is 5.97 Å². The Balaban J connectivity index is 2.24. The number of ether oxygens (including phenoxy) is 1. The van der Waals surface area contributed by atoms with E-state index in [9.17, 15) is 9.90 Å². The molecule has 3 nitrogen and oxygen atoms in total. The molecule has 1 fully saturated rings. The predicted molar refractivity (Wildman–Crippen MR) is 92.9 cm³/mol. The van der Waals surface area contributed by atoms with Crippen molar-refractivity contribution in [3.8, 4) is 0 Å². The zero-order valence-corrected chi connectivity index (χ0v) is 14.5. The first-order chi connectivity index (χ1) is 10.9. The maximum absolute atomic E-state index is 11.9. The molecule has 2 rings (SSSR count). The molecule has 3 atom stereocenters. The topological polar surface area (TPSA) is 46.5 Å². The molecule has 0 saturated carbocycles. The van der Waals surface area contributed by atoms with Gasteiger partial charge in [-0.1, -0.05) is 41.5 Å². The summed E-state index contributed by atoms with van der Waals surface area (Å²) < 4.78 is 5.50. The van der Waals surface area contributed by atoms with Gasteiger partial charge in [-0.15, -0.1) is 0 Å². The van der Waals surface area contributed by atoms with Crippen molar-refractivity contribution in [3.05, 3.63) is 47.1 Å². The van der Waals surface area contributed by atoms with Gasteiger partial charge in [0.05, 0.1) is 6.10 Å². The van der Waals surface area contributed by atoms with Crippen molar-refractivity contribution < 1.29 is 14.6 Å². The molecule has 1 N–H and O–H groups in total. The quantitative estimate of drug-likeness (QED) is 0.413. The Labute approximate surface area is 139 Å². The van der Waals surface area contributed by atoms with Crippen molar-refractivity contribution in [2.45, 2.75) is 65.1 Å². The molecule has 2 aliphatic rings. The lowest BCUT2D eigenvalue weighted by molar-refractivity contribution is -0.139. The molecule has 126 valence electrons. The van der Waals surface area contributed by atoms with Crippen LogP contribution in [0.3, 0.4) is 0 Å². The first kappa shape index (κ1) is 17.7. The third kappa shape index (κ3) is 4.93. The van der Waals surface area contributed by atoms with E-state index in [1.165, 1.54) is 11.1 Å². The van der Waals surface area contributed by atoms with Crippen LogP contribution in [0.2, 0.25) is 0 Å². The van der Waals surface area contributed by atoms with Gasteiger partial charge in [-0.3, -0.25) is 0 Å². The number of aliphatic hydroxyl groups is 1. The summed E-state index contributed by atoms with van der Waals surface area (Å²) in [5.41, 5.74) is 4.17. The van der Waals surface area contributed by atoms with Crippen LogP contribution in [-0.4, -0.2) is 23.3 Å². The van der Waals surface area contributed by atoms with E-state index >= 15 is 0 Å². The van der Waals surface area contributed by atoms with Crippen molar-refractivity contribution in [1.82, 2.24) is 0 Å². The van der Waals surface area contributed by atoms with Crippen LogP contribution >= 0.6 is 0 Å². The molecule has 1 aliphatic heterocycles. The second-order valence-electron chi connectivity index (χ2n) is 6.94. The van der Waals surface area contributed by atoms with E-state index in [1.54, 1.807) is 0 Å². The van der Waals surface area contributed by atoms with E-state index < -0.39 is 6.10 Å². The number of aliphatic hydroxyl groups excluding tert-OH is 1. The van der Waals surface area contributed by atoms with Gasteiger partial charge in [0, 0.05) is 17.9 Å². The van der Waals surface area contributed by atoms with Gasteiger partial charge in [-0.05, 0) is 46.5 Å². The molecule has 1 heterocycles. The fourth-order valence-electron chi connectivity index (χ4n) is 3.31. The van der Waals surface area contributed by atoms with Gasteiger partial charge in [-0.25, -0.2) is 4.79 Å². The molecule has 1 saturated heterocycles. The van der Waals surface area contributed by atoms with E-state index in [4.69, 9.17) is 4.74 Å². The Morgan fingerprint density at radius 2 is 1.87 bits per heavy atom. The summed E-state index contributed by atoms with van der Waals surface area (Å²) in [7, 11) is 0. The lowest BCUT2D eigenvalue weighted by Crippen LogP contribution is -2.17. The van der Waals surface area contributed by atoms with Crippen molar-refractivity contribution in [3.63, 3.8) is 0 Å². The molecular formula is C20H28O3. The van der Waals surface area contributed by atoms with Crippen LogP contribution in [0.15, 0.2) is 47.1 Å². The Morgan fingerprint density at radius 1 is 1.13 bits per heavy atom. The summed E-state index contributed by atoms with van der Waals surface area (Å²) in [6.45, 7) is 10.1. The fourth-order valence-corrected chi connectivity index (χ4v) is 3.31. The zero-order chi connectivity index (χ0) is 17.0. The largest absolute Gasteiger partial charge is 0.458 e. The molecule has 0 bridgehead atoms. The van der Waals surface area contributed by atoms with Gasteiger partial charge < -0.3 is 9.84 Å². The molecule has 0 aromatic rings. The van der Waals surface area contributed by atoms with Gasteiger partial charge in [0.25, 0.3) is 0 Å². The van der Waals surface area contributed by atoms with Crippen LogP contribution in [0.1, 0.15) is 52.9 Å². The molecule has 23 heavy (non-hydrogen) atoms. The summed E-state index contributed by atoms with van der Waals surface area (Å²) in [4.78, 5) is 11.9. The Bertz CT molecular complexity index is 565. The molecule has 0 spiro atoms. The van der Waals surface area contributed by atoms with Crippen molar-refractivity contribution in [2.24, 2.45) is 5.92 Å². The van der Waals surface area contributed by atoms with Crippen molar-refractivity contribution in [1.29, 1.82) is 0 Å². The van der Waals surface area contributed by atoms with Crippen LogP contribution in [0, 0.1) is 5.92 Å². The molecule has 0 aromatic heterocycles. The summed E-state index contributed by atoms with van der Waals surface area (Å²) in [5, 5.41) is 10.2. The summed E-state index contributed by atoms with van der Waals surface area (Å²) in [5.74, 6) is -0.237. The lowest BCUT2D eigenvalue weighted by atomic mass is 9.88. The van der Waals surface area contributed by atoms with E-state index in [0.29, 0.717) is 18.4 Å². The van der Waals surface area contributed by atoms with Crippen LogP contribution < -0.4 is 0 Å². The number of allylic oxidation sites excluding steroid dienone is 3. The number of carbonyl (C=O) groups is 1. The predicted octanol–water partition coefficient (Wildman–Crippen LogP) is 4.25. The smallest absolute Gasteiger partial charge is 0.334 e. The average Bonchev–Trinajstić information content (AvgIpc) is 2.70. The maximum atomic E-state index is 11.9. The SMILES string of the molecule is C=C1C(=O)O[C@H]2C/C(C)=C\[C@@H](O)C/C(C)=C\CCC(C)=CC[C@H]12. The molecule has 3 heteroatoms. The number of esters is 1. The number of hydrogen-bond acceptors (Lipinski definition) is 3. The summed E-state index contributed by atoms with van der Waals surface area (Å²) in [6.07, 6.45) is 9.74. The highest BCUT2D eigenvalue weighted by Gasteiger charge is 2.37. The number of carbonyl (C=O) groups excluding carboxylic acids is 1. The maximum Gasteiger partial charge on any atom is 0.334 e. The van der Waals surface area contributed by atoms with Gasteiger partial charge in [-0.2, -0.15) is 0 Å². The first-order valence-electron chi connectivity index (χ1n) is 8.43. The summed E-state index contributed by atoms with van der Waals surface area (Å²) >= 11 is 0. The Morgan fingerprint density at radius 3 is 2.61 bits per heavy atom. The molecule has 0 aromatic carbocycles. The van der Waals surface area contributed by atoms with E-state index in [-0.39, 0.29) is 18.0 Å². The Hall–Kier alpha value is -1.61. The lowest BCUT2D eigenvalue weighted by Gasteiger charge is -2.18. The van der Waals surface area contributed by atoms with E-state index in [1.807, 2.05) is 13.0 Å². The molecule has 0 amide bonds. The third-order valence-electron chi connectivity index (χ3n) is 4.70. The van der Waals surface area contributed by atoms with Crippen LogP contribution in [0.5, 0.6) is 0 Å². The normalized spacial score (nSPS) is 35.1. The van der Waals surface area contributed by atoms with Gasteiger partial charge in [0.15, 0.2) is 0 Å². The standard InChI is InChI=1S/C20H28O3/c1-13-6-5-7-14(2)10-17(21)11-15(3)12-19-18(9-8-13)16(4)20(22)23-19/h7-8,11,17-19,21H,4-6,9-10,12H2,1-3H3/b13-8?,14-7-,15-11-/t17-,18+,19-/m0/s1. The molecule has 1 aliphatic carbocycles. The monoisotopic (exact) mass is 316 g/mol. The highest BCUT2D eigenvalue weighted by atomic mass is 16.6. The Kier molecular flexibility index (Phi) is 6.00. The minimum atomic E-state index is -0.482. The summed E-state index contributed by atoms with van der Waals surface area (Å²) in [6, 6.07) is 0. The molecular weight excluding hydrogens is 288 g/mol. The molecule has 0 unspecified atom stereocenters. The van der Waals surface area contributed by atoms with Crippen LogP contribution in [-0.2, 0) is 9.53 Å². The first-order valence-corrected chi connectivity index (χ1v) is 8.43. The van der Waals surface area contributed by atoms with Crippen molar-refractivity contribution in [2.75, 3.05) is 0 Å². The highest BCUT2D eigenvalue weighted by molar-refractivity contribution is 5.90. The second kappa shape index (κ2) is 7.78. The zero-order valence-electron chi connectivity index (χ0n) is 14.5. The number of fused-ring (bicyclic) bond motifs is 1. The van der Waals surface area contributed by atoms with Gasteiger partial charge in [0.1, 0.15) is 6.10 Å². The van der Waals surface area contributed by atoms with Crippen LogP contribution in [0.25, 0.3) is 0 Å². The number of rotatable bonds is 0. The van der Waals surface area contributed by atoms with Gasteiger partial charge in [0.2, 0.25) is 0 Å². The van der Waals surface area contributed by atoms with Crippen LogP contribution in [0.4, 0.5) is 0 Å². The van der Waals surface area contributed by atoms with Crippen molar-refractivity contribution >= 4 is 5.97 Å². The fraction of sp³-hybridized carbons (Fsp3) is 0.550. The van der Waals surface area contributed by atoms with E-state index in [0.717, 1.165) is 24.8 Å². The second-order valence-corrected chi connectivity index (χ2v) is 6.94. The minimum absolute atomic E-state index is 0.0400. The minimum Gasteiger partial charge on any atom is -0.458 e. The molecule has 0 radical (unpaired) electrons.